The van der Waals surface area contributed by atoms with Gasteiger partial charge in [-0.1, -0.05) is 5.57 Å². The number of Topliss-reactive ketones (excluding diaryl/α,β-unsaturated/α-hetero) is 1. The second-order valence-corrected chi connectivity index (χ2v) is 3.97. The summed E-state index contributed by atoms with van der Waals surface area (Å²) in [6.07, 6.45) is 1.96. The molecule has 5 nitrogen and oxygen atoms in total. The largest absolute Gasteiger partial charge is 0.465 e. The first-order valence-corrected chi connectivity index (χ1v) is 5.84. The molecule has 0 aromatic carbocycles. The van der Waals surface area contributed by atoms with E-state index in [1.165, 1.54) is 13.8 Å². The number of carbonyl (C=O) groups excluding carboxylic acids is 3. The molecule has 5 heteroatoms. The highest BCUT2D eigenvalue weighted by Gasteiger charge is 2.24. The Morgan fingerprint density at radius 3 is 2.17 bits per heavy atom. The van der Waals surface area contributed by atoms with Gasteiger partial charge in [0.25, 0.3) is 0 Å². The molecule has 0 saturated heterocycles. The van der Waals surface area contributed by atoms with Gasteiger partial charge in [0.2, 0.25) is 0 Å². The molecule has 0 N–H and O–H groups in total. The Bertz CT molecular complexity index is 343. The number of carbonyl (C=O) groups is 3. The van der Waals surface area contributed by atoms with Crippen molar-refractivity contribution in [2.75, 3.05) is 13.2 Å². The normalized spacial score (nSPS) is 12.8. The minimum absolute atomic E-state index is 0.147. The van der Waals surface area contributed by atoms with Gasteiger partial charge in [0, 0.05) is 6.92 Å². The average molecular weight is 256 g/mol. The monoisotopic (exact) mass is 256 g/mol. The third-order valence-corrected chi connectivity index (χ3v) is 2.31. The standard InChI is InChI=1S/C13H20O5/c1-5-17-13(16)12(10(3)14)8-9(2)6-7-18-11(4)15/h6,12H,5,7-8H2,1-4H3/b9-6-. The predicted molar refractivity (Wildman–Crippen MR) is 65.8 cm³/mol. The van der Waals surface area contributed by atoms with E-state index in [-0.39, 0.29) is 31.4 Å². The van der Waals surface area contributed by atoms with Crippen molar-refractivity contribution >= 4 is 17.7 Å². The zero-order chi connectivity index (χ0) is 14.1. The van der Waals surface area contributed by atoms with Crippen LogP contribution in [-0.4, -0.2) is 30.9 Å². The summed E-state index contributed by atoms with van der Waals surface area (Å²) < 4.78 is 9.58. The molecule has 0 saturated carbocycles. The van der Waals surface area contributed by atoms with E-state index in [1.807, 2.05) is 0 Å². The van der Waals surface area contributed by atoms with E-state index in [4.69, 9.17) is 9.47 Å². The van der Waals surface area contributed by atoms with Crippen LogP contribution < -0.4 is 0 Å². The van der Waals surface area contributed by atoms with Crippen LogP contribution in [0.4, 0.5) is 0 Å². The molecule has 0 rings (SSSR count). The van der Waals surface area contributed by atoms with Gasteiger partial charge < -0.3 is 9.47 Å². The van der Waals surface area contributed by atoms with Crippen LogP contribution in [0.5, 0.6) is 0 Å². The number of ether oxygens (including phenoxy) is 2. The first kappa shape index (κ1) is 16.4. The molecule has 0 aliphatic heterocycles. The van der Waals surface area contributed by atoms with Crippen LogP contribution in [0.3, 0.4) is 0 Å². The Balaban J connectivity index is 4.44. The summed E-state index contributed by atoms with van der Waals surface area (Å²) in [6.45, 7) is 6.55. The molecule has 0 radical (unpaired) electrons. The summed E-state index contributed by atoms with van der Waals surface area (Å²) in [4.78, 5) is 33.5. The van der Waals surface area contributed by atoms with Gasteiger partial charge in [0.1, 0.15) is 18.3 Å². The van der Waals surface area contributed by atoms with Crippen LogP contribution in [0.1, 0.15) is 34.1 Å². The summed E-state index contributed by atoms with van der Waals surface area (Å²) in [5, 5.41) is 0. The average Bonchev–Trinajstić information content (AvgIpc) is 2.25. The van der Waals surface area contributed by atoms with Gasteiger partial charge in [0.05, 0.1) is 6.61 Å². The fourth-order valence-electron chi connectivity index (χ4n) is 1.34. The van der Waals surface area contributed by atoms with Gasteiger partial charge in [-0.2, -0.15) is 0 Å². The van der Waals surface area contributed by atoms with Gasteiger partial charge >= 0.3 is 11.9 Å². The Hall–Kier alpha value is -1.65. The van der Waals surface area contributed by atoms with Gasteiger partial charge in [0.15, 0.2) is 0 Å². The second kappa shape index (κ2) is 8.44. The van der Waals surface area contributed by atoms with Crippen molar-refractivity contribution in [3.05, 3.63) is 11.6 Å². The molecular formula is C13H20O5. The summed E-state index contributed by atoms with van der Waals surface area (Å²) in [5.74, 6) is -1.88. The summed E-state index contributed by atoms with van der Waals surface area (Å²) >= 11 is 0. The lowest BCUT2D eigenvalue weighted by Gasteiger charge is -2.12. The van der Waals surface area contributed by atoms with Crippen molar-refractivity contribution in [2.24, 2.45) is 5.92 Å². The lowest BCUT2D eigenvalue weighted by atomic mass is 9.96. The predicted octanol–water partition coefficient (Wildman–Crippen LogP) is 1.65. The van der Waals surface area contributed by atoms with Gasteiger partial charge in [-0.3, -0.25) is 14.4 Å². The summed E-state index contributed by atoms with van der Waals surface area (Å²) in [6, 6.07) is 0. The van der Waals surface area contributed by atoms with Crippen molar-refractivity contribution in [2.45, 2.75) is 34.1 Å². The van der Waals surface area contributed by atoms with Gasteiger partial charge in [-0.25, -0.2) is 0 Å². The molecule has 0 aromatic rings. The van der Waals surface area contributed by atoms with Crippen molar-refractivity contribution in [1.82, 2.24) is 0 Å². The molecule has 0 bridgehead atoms. The first-order chi connectivity index (χ1) is 8.38. The minimum atomic E-state index is -0.779. The molecule has 1 atom stereocenters. The first-order valence-electron chi connectivity index (χ1n) is 5.84. The quantitative estimate of drug-likeness (QED) is 0.393. The van der Waals surface area contributed by atoms with E-state index in [0.29, 0.717) is 0 Å². The molecule has 0 heterocycles. The zero-order valence-corrected chi connectivity index (χ0v) is 11.3. The van der Waals surface area contributed by atoms with Gasteiger partial charge in [-0.15, -0.1) is 0 Å². The maximum atomic E-state index is 11.5. The molecule has 0 amide bonds. The molecule has 18 heavy (non-hydrogen) atoms. The number of ketones is 1. The number of hydrogen-bond donors (Lipinski definition) is 0. The highest BCUT2D eigenvalue weighted by atomic mass is 16.5. The van der Waals surface area contributed by atoms with E-state index in [1.54, 1.807) is 19.9 Å². The van der Waals surface area contributed by atoms with Crippen LogP contribution >= 0.6 is 0 Å². The Kier molecular flexibility index (Phi) is 7.67. The van der Waals surface area contributed by atoms with Crippen LogP contribution in [0, 0.1) is 5.92 Å². The highest BCUT2D eigenvalue weighted by Crippen LogP contribution is 2.14. The molecule has 0 aliphatic rings. The maximum absolute atomic E-state index is 11.5. The van der Waals surface area contributed by atoms with Crippen molar-refractivity contribution < 1.29 is 23.9 Å². The van der Waals surface area contributed by atoms with Gasteiger partial charge in [-0.05, 0) is 33.3 Å². The van der Waals surface area contributed by atoms with E-state index in [2.05, 4.69) is 0 Å². The highest BCUT2D eigenvalue weighted by molar-refractivity contribution is 5.97. The van der Waals surface area contributed by atoms with Crippen molar-refractivity contribution in [3.8, 4) is 0 Å². The molecule has 0 aliphatic carbocycles. The molecular weight excluding hydrogens is 236 g/mol. The number of hydrogen-bond acceptors (Lipinski definition) is 5. The Morgan fingerprint density at radius 1 is 1.11 bits per heavy atom. The third kappa shape index (κ3) is 6.83. The molecule has 0 aromatic heterocycles. The maximum Gasteiger partial charge on any atom is 0.316 e. The van der Waals surface area contributed by atoms with Crippen LogP contribution in [-0.2, 0) is 23.9 Å². The summed E-state index contributed by atoms with van der Waals surface area (Å²) in [7, 11) is 0. The Labute approximate surface area is 107 Å². The fourth-order valence-corrected chi connectivity index (χ4v) is 1.34. The Morgan fingerprint density at radius 2 is 1.72 bits per heavy atom. The fraction of sp³-hybridized carbons (Fsp3) is 0.615. The lowest BCUT2D eigenvalue weighted by Crippen LogP contribution is -2.24. The number of rotatable bonds is 7. The van der Waals surface area contributed by atoms with E-state index < -0.39 is 11.9 Å². The summed E-state index contributed by atoms with van der Waals surface area (Å²) in [5.41, 5.74) is 0.810. The lowest BCUT2D eigenvalue weighted by molar-refractivity contribution is -0.151. The van der Waals surface area contributed by atoms with Crippen LogP contribution in [0.2, 0.25) is 0 Å². The molecule has 0 spiro atoms. The topological polar surface area (TPSA) is 69.7 Å². The van der Waals surface area contributed by atoms with E-state index in [0.717, 1.165) is 5.57 Å². The smallest absolute Gasteiger partial charge is 0.316 e. The number of allylic oxidation sites excluding steroid dienone is 1. The van der Waals surface area contributed by atoms with Crippen LogP contribution in [0.15, 0.2) is 11.6 Å². The van der Waals surface area contributed by atoms with Crippen LogP contribution in [0.25, 0.3) is 0 Å². The molecule has 0 fully saturated rings. The van der Waals surface area contributed by atoms with E-state index in [9.17, 15) is 14.4 Å². The third-order valence-electron chi connectivity index (χ3n) is 2.31. The SMILES string of the molecule is CCOC(=O)C(C/C(C)=C\COC(C)=O)C(C)=O. The van der Waals surface area contributed by atoms with E-state index >= 15 is 0 Å². The minimum Gasteiger partial charge on any atom is -0.465 e. The van der Waals surface area contributed by atoms with Crippen molar-refractivity contribution in [3.63, 3.8) is 0 Å². The molecule has 102 valence electrons. The second-order valence-electron chi connectivity index (χ2n) is 3.97. The molecule has 1 unspecified atom stereocenters. The zero-order valence-electron chi connectivity index (χ0n) is 11.3. The number of esters is 2. The van der Waals surface area contributed by atoms with Crippen molar-refractivity contribution in [1.29, 1.82) is 0 Å².